The molecule has 2 heteroatoms. The van der Waals surface area contributed by atoms with Gasteiger partial charge in [0.2, 0.25) is 0 Å². The van der Waals surface area contributed by atoms with Crippen LogP contribution in [0.15, 0.2) is 89.3 Å². The van der Waals surface area contributed by atoms with Crippen LogP contribution in [0.5, 0.6) is 0 Å². The molecule has 1 aromatic rings. The van der Waals surface area contributed by atoms with Gasteiger partial charge in [-0.2, -0.15) is 0 Å². The fourth-order valence-electron chi connectivity index (χ4n) is 3.05. The minimum atomic E-state index is 0.708. The number of aliphatic imine (C=N–C) groups is 1. The average molecular weight is 380 g/mol. The molecule has 1 atom stereocenters. The molecule has 1 nitrogen and oxygen atoms in total. The van der Waals surface area contributed by atoms with Gasteiger partial charge in [-0.1, -0.05) is 76.1 Å². The van der Waals surface area contributed by atoms with E-state index >= 15 is 0 Å². The first-order valence-electron chi connectivity index (χ1n) is 9.56. The highest BCUT2D eigenvalue weighted by Gasteiger charge is 2.10. The monoisotopic (exact) mass is 379 g/mol. The van der Waals surface area contributed by atoms with Gasteiger partial charge in [0.1, 0.15) is 0 Å². The predicted molar refractivity (Wildman–Crippen MR) is 127 cm³/mol. The summed E-state index contributed by atoms with van der Waals surface area (Å²) >= 11 is 0. The summed E-state index contributed by atoms with van der Waals surface area (Å²) in [6, 6.07) is 8.60. The van der Waals surface area contributed by atoms with E-state index in [1.807, 2.05) is 13.1 Å². The van der Waals surface area contributed by atoms with E-state index in [-0.39, 0.29) is 0 Å². The Hall–Kier alpha value is -1.98. The second kappa shape index (κ2) is 12.4. The van der Waals surface area contributed by atoms with Gasteiger partial charge in [0, 0.05) is 7.05 Å². The minimum Gasteiger partial charge on any atom is -0.288 e. The Kier molecular flexibility index (Phi) is 10.6. The van der Waals surface area contributed by atoms with E-state index in [2.05, 4.69) is 75.8 Å². The van der Waals surface area contributed by atoms with Crippen LogP contribution in [0.4, 0.5) is 0 Å². The molecule has 0 saturated carbocycles. The van der Waals surface area contributed by atoms with E-state index in [1.165, 1.54) is 21.8 Å². The number of hydrogen-bond donors (Lipinski definition) is 0. The van der Waals surface area contributed by atoms with Gasteiger partial charge in [-0.3, -0.25) is 4.99 Å². The minimum absolute atomic E-state index is 0.708. The third-order valence-electron chi connectivity index (χ3n) is 4.62. The van der Waals surface area contributed by atoms with E-state index in [4.69, 9.17) is 0 Å². The van der Waals surface area contributed by atoms with E-state index in [0.29, 0.717) is 8.58 Å². The molecular weight excluding hydrogens is 345 g/mol. The molecule has 0 aromatic heterocycles. The summed E-state index contributed by atoms with van der Waals surface area (Å²) in [5, 5.41) is 2.75. The number of nitrogens with zero attached hydrogens (tertiary/aromatic N) is 1. The highest BCUT2D eigenvalue weighted by atomic mass is 31.1. The van der Waals surface area contributed by atoms with E-state index in [9.17, 15) is 0 Å². The lowest BCUT2D eigenvalue weighted by molar-refractivity contribution is 0.744. The number of rotatable bonds is 11. The lowest BCUT2D eigenvalue weighted by Crippen LogP contribution is -2.06. The Morgan fingerprint density at radius 2 is 1.81 bits per heavy atom. The van der Waals surface area contributed by atoms with Crippen molar-refractivity contribution in [2.75, 3.05) is 7.05 Å². The first kappa shape index (κ1) is 23.1. The standard InChI is InChI=1S/C25H34NP/c1-8-14-20(4)25(26-7)22(6)23(9-2)17-12-11-16-21(5)27-24-18-13-10-15-19(24)3/h8-10,13-15,18,27H,1,5-6,11-12,16-17H2,2-4,7H3/b20-14+,23-9-,26-25?. The molecule has 1 rings (SSSR count). The van der Waals surface area contributed by atoms with Crippen molar-refractivity contribution in [3.05, 3.63) is 89.8 Å². The molecule has 144 valence electrons. The van der Waals surface area contributed by atoms with Crippen LogP contribution in [-0.2, 0) is 0 Å². The second-order valence-corrected chi connectivity index (χ2v) is 8.20. The van der Waals surface area contributed by atoms with Gasteiger partial charge in [-0.15, -0.1) is 0 Å². The van der Waals surface area contributed by atoms with Crippen LogP contribution in [0.3, 0.4) is 0 Å². The van der Waals surface area contributed by atoms with Crippen LogP contribution in [0.1, 0.15) is 45.1 Å². The number of hydrogen-bond acceptors (Lipinski definition) is 1. The van der Waals surface area contributed by atoms with E-state index in [1.54, 1.807) is 6.08 Å². The molecule has 0 heterocycles. The Morgan fingerprint density at radius 3 is 2.41 bits per heavy atom. The smallest absolute Gasteiger partial charge is 0.0668 e. The van der Waals surface area contributed by atoms with Gasteiger partial charge >= 0.3 is 0 Å². The Balaban J connectivity index is 2.53. The highest BCUT2D eigenvalue weighted by Crippen LogP contribution is 2.28. The van der Waals surface area contributed by atoms with Gasteiger partial charge in [-0.25, -0.2) is 0 Å². The first-order chi connectivity index (χ1) is 12.9. The molecule has 27 heavy (non-hydrogen) atoms. The van der Waals surface area contributed by atoms with E-state index in [0.717, 1.165) is 42.5 Å². The zero-order chi connectivity index (χ0) is 20.2. The molecule has 0 spiro atoms. The van der Waals surface area contributed by atoms with Crippen molar-refractivity contribution < 1.29 is 0 Å². The second-order valence-electron chi connectivity index (χ2n) is 6.70. The van der Waals surface area contributed by atoms with Crippen molar-refractivity contribution in [1.82, 2.24) is 0 Å². The summed E-state index contributed by atoms with van der Waals surface area (Å²) < 4.78 is 0. The number of unbranched alkanes of at least 4 members (excludes halogenated alkanes) is 1. The molecule has 0 aliphatic rings. The van der Waals surface area contributed by atoms with Gasteiger partial charge in [0.05, 0.1) is 5.71 Å². The van der Waals surface area contributed by atoms with Crippen LogP contribution in [-0.4, -0.2) is 12.8 Å². The molecular formula is C25H34NP. The quantitative estimate of drug-likeness (QED) is 0.169. The Labute approximate surface area is 168 Å². The average Bonchev–Trinajstić information content (AvgIpc) is 2.64. The summed E-state index contributed by atoms with van der Waals surface area (Å²) in [7, 11) is 2.53. The molecule has 0 amide bonds. The highest BCUT2D eigenvalue weighted by molar-refractivity contribution is 7.51. The van der Waals surface area contributed by atoms with Crippen molar-refractivity contribution in [2.24, 2.45) is 4.99 Å². The fraction of sp³-hybridized carbons (Fsp3) is 0.320. The van der Waals surface area contributed by atoms with Gasteiger partial charge in [0.25, 0.3) is 0 Å². The molecule has 1 aromatic carbocycles. The lowest BCUT2D eigenvalue weighted by atomic mass is 9.93. The molecule has 0 radical (unpaired) electrons. The van der Waals surface area contributed by atoms with Crippen molar-refractivity contribution in [2.45, 2.75) is 46.5 Å². The zero-order valence-electron chi connectivity index (χ0n) is 17.4. The maximum Gasteiger partial charge on any atom is 0.0668 e. The third-order valence-corrected chi connectivity index (χ3v) is 6.05. The summed E-state index contributed by atoms with van der Waals surface area (Å²) in [5.41, 5.74) is 5.73. The van der Waals surface area contributed by atoms with E-state index < -0.39 is 0 Å². The maximum atomic E-state index is 4.43. The lowest BCUT2D eigenvalue weighted by Gasteiger charge is -2.14. The van der Waals surface area contributed by atoms with Crippen molar-refractivity contribution in [3.8, 4) is 0 Å². The van der Waals surface area contributed by atoms with Gasteiger partial charge < -0.3 is 0 Å². The van der Waals surface area contributed by atoms with Gasteiger partial charge in [0.15, 0.2) is 0 Å². The van der Waals surface area contributed by atoms with Crippen LogP contribution in [0, 0.1) is 6.92 Å². The van der Waals surface area contributed by atoms with Crippen LogP contribution in [0.25, 0.3) is 0 Å². The summed E-state index contributed by atoms with van der Waals surface area (Å²) in [4.78, 5) is 4.43. The fourth-order valence-corrected chi connectivity index (χ4v) is 4.19. The molecule has 1 unspecified atom stereocenters. The predicted octanol–water partition coefficient (Wildman–Crippen LogP) is 7.08. The third kappa shape index (κ3) is 7.65. The van der Waals surface area contributed by atoms with Crippen molar-refractivity contribution >= 4 is 19.6 Å². The molecule has 0 aliphatic heterocycles. The summed E-state index contributed by atoms with van der Waals surface area (Å²) in [5.74, 6) is 0. The van der Waals surface area contributed by atoms with Crippen LogP contribution < -0.4 is 5.30 Å². The van der Waals surface area contributed by atoms with Crippen molar-refractivity contribution in [3.63, 3.8) is 0 Å². The normalized spacial score (nSPS) is 13.3. The number of benzene rings is 1. The molecule has 0 saturated heterocycles. The summed E-state index contributed by atoms with van der Waals surface area (Å²) in [6.07, 6.45) is 10.3. The summed E-state index contributed by atoms with van der Waals surface area (Å²) in [6.45, 7) is 18.7. The van der Waals surface area contributed by atoms with Crippen LogP contribution >= 0.6 is 8.58 Å². The van der Waals surface area contributed by atoms with Crippen LogP contribution in [0.2, 0.25) is 0 Å². The molecule has 0 bridgehead atoms. The topological polar surface area (TPSA) is 12.4 Å². The molecule has 0 N–H and O–H groups in total. The Morgan fingerprint density at radius 1 is 1.15 bits per heavy atom. The zero-order valence-corrected chi connectivity index (χ0v) is 18.4. The van der Waals surface area contributed by atoms with Gasteiger partial charge in [-0.05, 0) is 74.0 Å². The first-order valence-corrected chi connectivity index (χ1v) is 10.6. The largest absolute Gasteiger partial charge is 0.288 e. The maximum absolute atomic E-state index is 4.43. The molecule has 0 aliphatic carbocycles. The number of aryl methyl sites for hydroxylation is 1. The SMILES string of the molecule is C=C/C=C(\C)C(=NC)C(=C)/C(=C\C)CCCCC(=C)Pc1ccccc1C. The Bertz CT molecular complexity index is 762. The number of allylic oxidation sites excluding steroid dienone is 7. The molecule has 0 fully saturated rings. The van der Waals surface area contributed by atoms with Crippen molar-refractivity contribution in [1.29, 1.82) is 0 Å².